The Balaban J connectivity index is 1.70. The third kappa shape index (κ3) is 3.05. The van der Waals surface area contributed by atoms with Crippen LogP contribution in [0.25, 0.3) is 0 Å². The van der Waals surface area contributed by atoms with Gasteiger partial charge in [0.15, 0.2) is 0 Å². The van der Waals surface area contributed by atoms with Crippen molar-refractivity contribution in [1.82, 2.24) is 5.43 Å². The van der Waals surface area contributed by atoms with Gasteiger partial charge in [0.05, 0.1) is 6.61 Å². The van der Waals surface area contributed by atoms with Crippen LogP contribution in [-0.4, -0.2) is 19.3 Å². The van der Waals surface area contributed by atoms with E-state index in [4.69, 9.17) is 10.6 Å². The third-order valence-electron chi connectivity index (χ3n) is 5.01. The van der Waals surface area contributed by atoms with Crippen LogP contribution in [0.15, 0.2) is 24.3 Å². The second kappa shape index (κ2) is 6.70. The van der Waals surface area contributed by atoms with Crippen molar-refractivity contribution in [3.63, 3.8) is 0 Å². The Morgan fingerprint density at radius 1 is 1.25 bits per heavy atom. The summed E-state index contributed by atoms with van der Waals surface area (Å²) in [6, 6.07) is 9.31. The normalized spacial score (nSPS) is 27.9. The van der Waals surface area contributed by atoms with Crippen molar-refractivity contribution in [2.45, 2.75) is 50.5 Å². The molecule has 1 aromatic carbocycles. The molecule has 2 aliphatic rings. The second-order valence-electron chi connectivity index (χ2n) is 6.27. The average molecular weight is 274 g/mol. The SMILES string of the molecule is NNC(CC1CCCc2ccccc21)C1CCCOC1. The molecule has 3 heteroatoms. The maximum atomic E-state index is 5.84. The van der Waals surface area contributed by atoms with Gasteiger partial charge in [-0.2, -0.15) is 0 Å². The van der Waals surface area contributed by atoms with Gasteiger partial charge in [0.1, 0.15) is 0 Å². The molecule has 3 N–H and O–H groups in total. The van der Waals surface area contributed by atoms with E-state index in [2.05, 4.69) is 29.7 Å². The Labute approximate surface area is 121 Å². The van der Waals surface area contributed by atoms with Crippen LogP contribution in [0.5, 0.6) is 0 Å². The molecule has 1 fully saturated rings. The van der Waals surface area contributed by atoms with E-state index >= 15 is 0 Å². The van der Waals surface area contributed by atoms with Gasteiger partial charge in [-0.1, -0.05) is 24.3 Å². The van der Waals surface area contributed by atoms with Crippen LogP contribution in [0.2, 0.25) is 0 Å². The lowest BCUT2D eigenvalue weighted by molar-refractivity contribution is 0.0365. The van der Waals surface area contributed by atoms with Gasteiger partial charge in [-0.15, -0.1) is 0 Å². The van der Waals surface area contributed by atoms with Gasteiger partial charge in [-0.25, -0.2) is 0 Å². The number of hydrazine groups is 1. The smallest absolute Gasteiger partial charge is 0.0509 e. The summed E-state index contributed by atoms with van der Waals surface area (Å²) in [5.74, 6) is 7.06. The average Bonchev–Trinajstić information content (AvgIpc) is 2.53. The first-order valence-electron chi connectivity index (χ1n) is 8.00. The topological polar surface area (TPSA) is 47.3 Å². The summed E-state index contributed by atoms with van der Waals surface area (Å²) in [6.07, 6.45) is 7.39. The summed E-state index contributed by atoms with van der Waals surface area (Å²) in [4.78, 5) is 0. The molecule has 3 unspecified atom stereocenters. The van der Waals surface area contributed by atoms with Crippen molar-refractivity contribution in [2.24, 2.45) is 11.8 Å². The lowest BCUT2D eigenvalue weighted by atomic mass is 9.77. The molecule has 0 bridgehead atoms. The lowest BCUT2D eigenvalue weighted by Gasteiger charge is -2.34. The Bertz CT molecular complexity index is 429. The van der Waals surface area contributed by atoms with Crippen LogP contribution in [0.4, 0.5) is 0 Å². The zero-order valence-corrected chi connectivity index (χ0v) is 12.2. The molecule has 0 spiro atoms. The van der Waals surface area contributed by atoms with E-state index in [1.807, 2.05) is 0 Å². The molecular formula is C17H26N2O. The Kier molecular flexibility index (Phi) is 4.71. The van der Waals surface area contributed by atoms with E-state index in [-0.39, 0.29) is 0 Å². The van der Waals surface area contributed by atoms with Crippen molar-refractivity contribution >= 4 is 0 Å². The van der Waals surface area contributed by atoms with Gasteiger partial charge < -0.3 is 4.74 Å². The molecule has 0 aromatic heterocycles. The molecule has 1 saturated heterocycles. The Morgan fingerprint density at radius 3 is 2.95 bits per heavy atom. The number of ether oxygens (including phenoxy) is 1. The minimum atomic E-state index is 0.381. The van der Waals surface area contributed by atoms with E-state index in [0.29, 0.717) is 17.9 Å². The van der Waals surface area contributed by atoms with E-state index in [9.17, 15) is 0 Å². The molecule has 3 nitrogen and oxygen atoms in total. The van der Waals surface area contributed by atoms with Crippen molar-refractivity contribution in [3.8, 4) is 0 Å². The standard InChI is InChI=1S/C17H26N2O/c18-19-17(15-8-4-10-20-12-15)11-14-7-3-6-13-5-1-2-9-16(13)14/h1-2,5,9,14-15,17,19H,3-4,6-8,10-12,18H2. The summed E-state index contributed by atoms with van der Waals surface area (Å²) in [5, 5.41) is 0. The van der Waals surface area contributed by atoms with Gasteiger partial charge in [-0.05, 0) is 61.5 Å². The molecule has 3 rings (SSSR count). The number of aryl methyl sites for hydroxylation is 1. The molecule has 1 aromatic rings. The van der Waals surface area contributed by atoms with E-state index in [0.717, 1.165) is 19.6 Å². The monoisotopic (exact) mass is 274 g/mol. The summed E-state index contributed by atoms with van der Waals surface area (Å²) in [6.45, 7) is 1.78. The number of rotatable bonds is 4. The van der Waals surface area contributed by atoms with Gasteiger partial charge in [0.25, 0.3) is 0 Å². The summed E-state index contributed by atoms with van der Waals surface area (Å²) < 4.78 is 5.63. The van der Waals surface area contributed by atoms with Crippen LogP contribution < -0.4 is 11.3 Å². The molecule has 0 radical (unpaired) electrons. The molecule has 1 heterocycles. The van der Waals surface area contributed by atoms with E-state index < -0.39 is 0 Å². The summed E-state index contributed by atoms with van der Waals surface area (Å²) >= 11 is 0. The maximum Gasteiger partial charge on any atom is 0.0509 e. The highest BCUT2D eigenvalue weighted by atomic mass is 16.5. The largest absolute Gasteiger partial charge is 0.381 e. The van der Waals surface area contributed by atoms with Crippen LogP contribution in [0, 0.1) is 5.92 Å². The number of hydrogen-bond acceptors (Lipinski definition) is 3. The van der Waals surface area contributed by atoms with Crippen LogP contribution in [0.3, 0.4) is 0 Å². The van der Waals surface area contributed by atoms with Crippen LogP contribution >= 0.6 is 0 Å². The quantitative estimate of drug-likeness (QED) is 0.655. The Hall–Kier alpha value is -0.900. The van der Waals surface area contributed by atoms with Gasteiger partial charge >= 0.3 is 0 Å². The number of fused-ring (bicyclic) bond motifs is 1. The summed E-state index contributed by atoms with van der Waals surface area (Å²) in [5.41, 5.74) is 6.16. The second-order valence-corrected chi connectivity index (χ2v) is 6.27. The number of benzene rings is 1. The fourth-order valence-electron chi connectivity index (χ4n) is 3.89. The molecule has 110 valence electrons. The number of nitrogens with one attached hydrogen (secondary N) is 1. The van der Waals surface area contributed by atoms with Crippen molar-refractivity contribution in [2.75, 3.05) is 13.2 Å². The molecule has 3 atom stereocenters. The summed E-state index contributed by atoms with van der Waals surface area (Å²) in [7, 11) is 0. The first kappa shape index (κ1) is 14.1. The highest BCUT2D eigenvalue weighted by molar-refractivity contribution is 5.32. The minimum Gasteiger partial charge on any atom is -0.381 e. The first-order chi connectivity index (χ1) is 9.88. The van der Waals surface area contributed by atoms with E-state index in [1.54, 1.807) is 11.1 Å². The predicted molar refractivity (Wildman–Crippen MR) is 81.4 cm³/mol. The fourth-order valence-corrected chi connectivity index (χ4v) is 3.89. The highest BCUT2D eigenvalue weighted by Gasteiger charge is 2.28. The molecule has 1 aliphatic carbocycles. The van der Waals surface area contributed by atoms with Crippen LogP contribution in [-0.2, 0) is 11.2 Å². The van der Waals surface area contributed by atoms with Crippen molar-refractivity contribution in [3.05, 3.63) is 35.4 Å². The van der Waals surface area contributed by atoms with Crippen molar-refractivity contribution in [1.29, 1.82) is 0 Å². The molecule has 1 aliphatic heterocycles. The fraction of sp³-hybridized carbons (Fsp3) is 0.647. The van der Waals surface area contributed by atoms with Crippen molar-refractivity contribution < 1.29 is 4.74 Å². The number of hydrogen-bond donors (Lipinski definition) is 2. The highest BCUT2D eigenvalue weighted by Crippen LogP contribution is 2.36. The third-order valence-corrected chi connectivity index (χ3v) is 5.01. The number of nitrogens with two attached hydrogens (primary N) is 1. The van der Waals surface area contributed by atoms with Gasteiger partial charge in [0, 0.05) is 12.6 Å². The Morgan fingerprint density at radius 2 is 2.15 bits per heavy atom. The molecule has 20 heavy (non-hydrogen) atoms. The van der Waals surface area contributed by atoms with Gasteiger partial charge in [0.2, 0.25) is 0 Å². The first-order valence-corrected chi connectivity index (χ1v) is 8.00. The van der Waals surface area contributed by atoms with Crippen LogP contribution in [0.1, 0.15) is 49.1 Å². The maximum absolute atomic E-state index is 5.84. The van der Waals surface area contributed by atoms with Gasteiger partial charge in [-0.3, -0.25) is 11.3 Å². The zero-order valence-electron chi connectivity index (χ0n) is 12.2. The lowest BCUT2D eigenvalue weighted by Crippen LogP contribution is -2.45. The molecular weight excluding hydrogens is 248 g/mol. The molecule has 0 saturated carbocycles. The zero-order chi connectivity index (χ0) is 13.8. The van der Waals surface area contributed by atoms with E-state index in [1.165, 1.54) is 32.1 Å². The minimum absolute atomic E-state index is 0.381. The predicted octanol–water partition coefficient (Wildman–Crippen LogP) is 2.76. The molecule has 0 amide bonds.